The van der Waals surface area contributed by atoms with Crippen LogP contribution < -0.4 is 15.4 Å². The lowest BCUT2D eigenvalue weighted by Crippen LogP contribution is -2.20. The van der Waals surface area contributed by atoms with E-state index < -0.39 is 0 Å². The van der Waals surface area contributed by atoms with E-state index in [0.29, 0.717) is 18.7 Å². The monoisotopic (exact) mass is 575 g/mol. The largest absolute Gasteiger partial charge is 0.487 e. The van der Waals surface area contributed by atoms with Gasteiger partial charge in [-0.25, -0.2) is 4.98 Å². The Balaban J connectivity index is 1.28. The summed E-state index contributed by atoms with van der Waals surface area (Å²) in [4.78, 5) is 30.1. The Morgan fingerprint density at radius 2 is 1.74 bits per heavy atom. The number of ether oxygens (including phenoxy) is 1. The van der Waals surface area contributed by atoms with Crippen LogP contribution in [0.3, 0.4) is 0 Å². The van der Waals surface area contributed by atoms with Crippen molar-refractivity contribution < 1.29 is 14.3 Å². The van der Waals surface area contributed by atoms with E-state index in [1.165, 1.54) is 11.6 Å². The number of carbonyl (C=O) groups is 2. The van der Waals surface area contributed by atoms with E-state index in [4.69, 9.17) is 9.72 Å². The molecule has 0 saturated carbocycles. The fourth-order valence-corrected chi connectivity index (χ4v) is 5.72. The molecule has 0 spiro atoms. The molecule has 0 unspecified atom stereocenters. The van der Waals surface area contributed by atoms with E-state index in [2.05, 4.69) is 54.1 Å². The zero-order valence-electron chi connectivity index (χ0n) is 24.2. The number of amides is 2. The van der Waals surface area contributed by atoms with Gasteiger partial charge in [-0.15, -0.1) is 11.3 Å². The third kappa shape index (κ3) is 6.42. The Labute approximate surface area is 250 Å². The summed E-state index contributed by atoms with van der Waals surface area (Å²) in [6, 6.07) is 23.6. The number of hydrogen-bond donors (Lipinski definition) is 2. The molecule has 6 nitrogen and oxygen atoms in total. The van der Waals surface area contributed by atoms with E-state index in [1.54, 1.807) is 36.6 Å². The van der Waals surface area contributed by atoms with Crippen molar-refractivity contribution >= 4 is 40.1 Å². The van der Waals surface area contributed by atoms with Crippen LogP contribution in [0, 0.1) is 20.8 Å². The standard InChI is InChI=1S/C35H33N3O3S/c1-22-8-16-28(24(3)30(22)21-41-31-7-5-6-26-13-9-23(2)38-34(26)31)29-18-19-42-32(29)20-37-33(39)17-12-25-10-14-27(15-11-25)35(40)36-4/h5-19H,20-21H2,1-4H3,(H,36,40)(H,37,39)/b17-12+. The highest BCUT2D eigenvalue weighted by molar-refractivity contribution is 7.10. The zero-order valence-corrected chi connectivity index (χ0v) is 25.0. The molecule has 0 aliphatic heterocycles. The van der Waals surface area contributed by atoms with E-state index in [0.717, 1.165) is 55.0 Å². The van der Waals surface area contributed by atoms with Crippen LogP contribution in [-0.2, 0) is 17.9 Å². The number of aromatic nitrogens is 1. The van der Waals surface area contributed by atoms with Gasteiger partial charge in [-0.2, -0.15) is 0 Å². The number of thiophene rings is 1. The van der Waals surface area contributed by atoms with Crippen molar-refractivity contribution in [2.45, 2.75) is 33.9 Å². The highest BCUT2D eigenvalue weighted by Gasteiger charge is 2.15. The topological polar surface area (TPSA) is 80.3 Å². The first-order valence-electron chi connectivity index (χ1n) is 13.8. The van der Waals surface area contributed by atoms with Crippen LogP contribution in [0.25, 0.3) is 28.1 Å². The maximum absolute atomic E-state index is 12.6. The van der Waals surface area contributed by atoms with Crippen LogP contribution in [0.1, 0.15) is 43.2 Å². The number of carbonyl (C=O) groups excluding carboxylic acids is 2. The summed E-state index contributed by atoms with van der Waals surface area (Å²) in [5, 5.41) is 8.72. The maximum atomic E-state index is 12.6. The van der Waals surface area contributed by atoms with E-state index in [-0.39, 0.29) is 11.8 Å². The minimum absolute atomic E-state index is 0.143. The molecule has 5 aromatic rings. The molecule has 0 bridgehead atoms. The fourth-order valence-electron chi connectivity index (χ4n) is 4.90. The number of nitrogens with one attached hydrogen (secondary N) is 2. The van der Waals surface area contributed by atoms with Crippen LogP contribution in [0.4, 0.5) is 0 Å². The van der Waals surface area contributed by atoms with Gasteiger partial charge in [0.2, 0.25) is 5.91 Å². The third-order valence-electron chi connectivity index (χ3n) is 7.31. The number of benzene rings is 3. The van der Waals surface area contributed by atoms with Crippen molar-refractivity contribution in [3.63, 3.8) is 0 Å². The average molecular weight is 576 g/mol. The Kier molecular flexibility index (Phi) is 8.79. The number of aryl methyl sites for hydroxylation is 2. The molecular weight excluding hydrogens is 542 g/mol. The third-order valence-corrected chi connectivity index (χ3v) is 8.23. The van der Waals surface area contributed by atoms with Crippen LogP contribution in [0.5, 0.6) is 5.75 Å². The predicted molar refractivity (Wildman–Crippen MR) is 171 cm³/mol. The number of pyridine rings is 1. The lowest BCUT2D eigenvalue weighted by atomic mass is 9.94. The lowest BCUT2D eigenvalue weighted by Gasteiger charge is -2.17. The summed E-state index contributed by atoms with van der Waals surface area (Å²) in [5.74, 6) is 0.448. The highest BCUT2D eigenvalue weighted by Crippen LogP contribution is 2.34. The molecule has 0 fully saturated rings. The highest BCUT2D eigenvalue weighted by atomic mass is 32.1. The van der Waals surface area contributed by atoms with Gasteiger partial charge < -0.3 is 15.4 Å². The van der Waals surface area contributed by atoms with Crippen molar-refractivity contribution in [2.24, 2.45) is 0 Å². The van der Waals surface area contributed by atoms with Gasteiger partial charge in [0.25, 0.3) is 5.91 Å². The molecule has 5 rings (SSSR count). The molecule has 42 heavy (non-hydrogen) atoms. The lowest BCUT2D eigenvalue weighted by molar-refractivity contribution is -0.116. The van der Waals surface area contributed by atoms with Crippen molar-refractivity contribution in [3.05, 3.63) is 123 Å². The second-order valence-corrected chi connectivity index (χ2v) is 11.1. The molecule has 0 aliphatic rings. The van der Waals surface area contributed by atoms with Gasteiger partial charge in [-0.05, 0) is 95.9 Å². The van der Waals surface area contributed by atoms with Crippen LogP contribution in [0.2, 0.25) is 0 Å². The quantitative estimate of drug-likeness (QED) is 0.183. The molecule has 2 N–H and O–H groups in total. The summed E-state index contributed by atoms with van der Waals surface area (Å²) < 4.78 is 6.35. The number of nitrogens with zero attached hydrogens (tertiary/aromatic N) is 1. The number of fused-ring (bicyclic) bond motifs is 1. The van der Waals surface area contributed by atoms with Crippen molar-refractivity contribution in [1.29, 1.82) is 0 Å². The van der Waals surface area contributed by atoms with Gasteiger partial charge in [-0.1, -0.05) is 42.5 Å². The van der Waals surface area contributed by atoms with Gasteiger partial charge >= 0.3 is 0 Å². The molecule has 0 saturated heterocycles. The smallest absolute Gasteiger partial charge is 0.251 e. The van der Waals surface area contributed by atoms with E-state index in [1.807, 2.05) is 43.3 Å². The number of rotatable bonds is 9. The molecule has 3 aromatic carbocycles. The second kappa shape index (κ2) is 12.8. The summed E-state index contributed by atoms with van der Waals surface area (Å²) in [6.45, 7) is 7.08. The van der Waals surface area contributed by atoms with Crippen LogP contribution in [0.15, 0.2) is 84.3 Å². The van der Waals surface area contributed by atoms with Gasteiger partial charge in [0.05, 0.1) is 6.54 Å². The van der Waals surface area contributed by atoms with E-state index >= 15 is 0 Å². The number of para-hydroxylation sites is 1. The summed E-state index contributed by atoms with van der Waals surface area (Å²) >= 11 is 1.62. The summed E-state index contributed by atoms with van der Waals surface area (Å²) in [6.07, 6.45) is 3.25. The van der Waals surface area contributed by atoms with E-state index in [9.17, 15) is 9.59 Å². The minimum atomic E-state index is -0.182. The predicted octanol–water partition coefficient (Wildman–Crippen LogP) is 7.16. The normalized spacial score (nSPS) is 11.1. The van der Waals surface area contributed by atoms with Crippen molar-refractivity contribution in [2.75, 3.05) is 7.05 Å². The maximum Gasteiger partial charge on any atom is 0.251 e. The number of hydrogen-bond acceptors (Lipinski definition) is 5. The van der Waals surface area contributed by atoms with Crippen molar-refractivity contribution in [1.82, 2.24) is 15.6 Å². The molecule has 2 heterocycles. The molecule has 0 atom stereocenters. The average Bonchev–Trinajstić information content (AvgIpc) is 3.47. The fraction of sp³-hybridized carbons (Fsp3) is 0.171. The van der Waals surface area contributed by atoms with Gasteiger partial charge in [0, 0.05) is 34.6 Å². The first-order valence-corrected chi connectivity index (χ1v) is 14.6. The summed E-state index contributed by atoms with van der Waals surface area (Å²) in [5.41, 5.74) is 8.94. The summed E-state index contributed by atoms with van der Waals surface area (Å²) in [7, 11) is 1.60. The Bertz CT molecular complexity index is 1790. The first-order chi connectivity index (χ1) is 20.3. The van der Waals surface area contributed by atoms with Crippen LogP contribution in [-0.4, -0.2) is 23.8 Å². The molecule has 0 aliphatic carbocycles. The first kappa shape index (κ1) is 28.8. The van der Waals surface area contributed by atoms with Crippen molar-refractivity contribution in [3.8, 4) is 16.9 Å². The molecule has 2 aromatic heterocycles. The molecule has 7 heteroatoms. The van der Waals surface area contributed by atoms with Gasteiger partial charge in [-0.3, -0.25) is 9.59 Å². The molecule has 212 valence electrons. The zero-order chi connectivity index (χ0) is 29.6. The van der Waals surface area contributed by atoms with Gasteiger partial charge in [0.1, 0.15) is 17.9 Å². The Hall–Kier alpha value is -4.75. The van der Waals surface area contributed by atoms with Gasteiger partial charge in [0.15, 0.2) is 0 Å². The SMILES string of the molecule is CNC(=O)c1ccc(/C=C/C(=O)NCc2sccc2-c2ccc(C)c(COc3cccc4ccc(C)nc34)c2C)cc1. The Morgan fingerprint density at radius 3 is 2.52 bits per heavy atom. The minimum Gasteiger partial charge on any atom is -0.487 e. The molecule has 0 radical (unpaired) electrons. The second-order valence-electron chi connectivity index (χ2n) is 10.1. The van der Waals surface area contributed by atoms with Crippen LogP contribution >= 0.6 is 11.3 Å². The molecular formula is C35H33N3O3S. The molecule has 2 amide bonds. The Morgan fingerprint density at radius 1 is 0.929 bits per heavy atom.